The number of nitrogens with zero attached hydrogens (tertiary/aromatic N) is 3. The van der Waals surface area contributed by atoms with Gasteiger partial charge in [0.1, 0.15) is 16.2 Å². The molecule has 1 aromatic carbocycles. The molecule has 0 amide bonds. The number of halogens is 2. The molecule has 0 aliphatic rings. The molecule has 0 aliphatic carbocycles. The second-order valence-electron chi connectivity index (χ2n) is 5.30. The van der Waals surface area contributed by atoms with Crippen molar-refractivity contribution in [2.24, 2.45) is 0 Å². The van der Waals surface area contributed by atoms with E-state index >= 15 is 0 Å². The molecule has 0 atom stereocenters. The molecule has 4 aromatic rings. The first-order chi connectivity index (χ1) is 11.2. The van der Waals surface area contributed by atoms with Crippen LogP contribution in [0, 0.1) is 5.82 Å². The van der Waals surface area contributed by atoms with E-state index in [2.05, 4.69) is 19.9 Å². The Labute approximate surface area is 140 Å². The summed E-state index contributed by atoms with van der Waals surface area (Å²) >= 11 is 7.42. The predicted octanol–water partition coefficient (Wildman–Crippen LogP) is 4.54. The maximum atomic E-state index is 13.4. The van der Waals surface area contributed by atoms with E-state index in [4.69, 9.17) is 11.6 Å². The van der Waals surface area contributed by atoms with Gasteiger partial charge in [-0.15, -0.1) is 11.3 Å². The second kappa shape index (κ2) is 5.86. The minimum Gasteiger partial charge on any atom is -0.361 e. The molecule has 3 heterocycles. The van der Waals surface area contributed by atoms with Gasteiger partial charge in [-0.05, 0) is 54.6 Å². The summed E-state index contributed by atoms with van der Waals surface area (Å²) in [6.07, 6.45) is 4.40. The zero-order chi connectivity index (χ0) is 15.8. The number of hydrogen-bond donors (Lipinski definition) is 1. The lowest BCUT2D eigenvalue weighted by Crippen LogP contribution is -1.96. The molecule has 7 heteroatoms. The molecule has 0 spiro atoms. The molecule has 3 aromatic heterocycles. The van der Waals surface area contributed by atoms with Crippen molar-refractivity contribution in [1.82, 2.24) is 19.9 Å². The fraction of sp³-hybridized carbons (Fsp3) is 0.188. The van der Waals surface area contributed by atoms with Crippen molar-refractivity contribution in [2.75, 3.05) is 0 Å². The summed E-state index contributed by atoms with van der Waals surface area (Å²) in [6.45, 7) is 0. The topological polar surface area (TPSA) is 54.5 Å². The Morgan fingerprint density at radius 1 is 1.22 bits per heavy atom. The van der Waals surface area contributed by atoms with Crippen LogP contribution in [0.3, 0.4) is 0 Å². The highest BCUT2D eigenvalue weighted by atomic mass is 35.5. The standard InChI is InChI=1S/C16H12ClFN4S/c17-16-21-13(14-15(22-16)23-8-20-14)3-1-2-9-7-19-12-5-4-10(18)6-11(9)12/h4-8,19H,1-3H2. The Morgan fingerprint density at radius 2 is 2.13 bits per heavy atom. The molecular formula is C16H12ClFN4S. The number of fused-ring (bicyclic) bond motifs is 2. The predicted molar refractivity (Wildman–Crippen MR) is 90.5 cm³/mol. The molecule has 0 saturated carbocycles. The Kier molecular flexibility index (Phi) is 3.71. The van der Waals surface area contributed by atoms with Crippen LogP contribution in [0.1, 0.15) is 17.7 Å². The summed E-state index contributed by atoms with van der Waals surface area (Å²) in [7, 11) is 0. The van der Waals surface area contributed by atoms with Crippen LogP contribution >= 0.6 is 22.9 Å². The van der Waals surface area contributed by atoms with E-state index in [-0.39, 0.29) is 11.1 Å². The highest BCUT2D eigenvalue weighted by Gasteiger charge is 2.10. The quantitative estimate of drug-likeness (QED) is 0.552. The molecular weight excluding hydrogens is 335 g/mol. The van der Waals surface area contributed by atoms with Crippen LogP contribution in [0.2, 0.25) is 5.28 Å². The first kappa shape index (κ1) is 14.5. The van der Waals surface area contributed by atoms with Gasteiger partial charge in [-0.25, -0.2) is 19.3 Å². The minimum atomic E-state index is -0.217. The second-order valence-corrected chi connectivity index (χ2v) is 6.47. The van der Waals surface area contributed by atoms with Gasteiger partial charge in [0.15, 0.2) is 0 Å². The number of nitrogens with one attached hydrogen (secondary N) is 1. The molecule has 0 saturated heterocycles. The van der Waals surface area contributed by atoms with E-state index in [1.807, 2.05) is 6.20 Å². The van der Waals surface area contributed by atoms with Gasteiger partial charge >= 0.3 is 0 Å². The van der Waals surface area contributed by atoms with Crippen molar-refractivity contribution in [3.8, 4) is 0 Å². The van der Waals surface area contributed by atoms with Crippen molar-refractivity contribution in [1.29, 1.82) is 0 Å². The minimum absolute atomic E-state index is 0.217. The average molecular weight is 347 g/mol. The first-order valence-corrected chi connectivity index (χ1v) is 8.47. The van der Waals surface area contributed by atoms with E-state index in [1.54, 1.807) is 17.6 Å². The molecule has 0 aliphatic heterocycles. The average Bonchev–Trinajstić information content (AvgIpc) is 3.14. The Morgan fingerprint density at radius 3 is 3.04 bits per heavy atom. The van der Waals surface area contributed by atoms with Crippen molar-refractivity contribution in [3.05, 3.63) is 52.3 Å². The Balaban J connectivity index is 1.54. The molecule has 1 N–H and O–H groups in total. The molecule has 23 heavy (non-hydrogen) atoms. The van der Waals surface area contributed by atoms with Crippen LogP contribution in [-0.2, 0) is 12.8 Å². The molecule has 0 unspecified atom stereocenters. The van der Waals surface area contributed by atoms with E-state index in [0.29, 0.717) is 0 Å². The largest absolute Gasteiger partial charge is 0.361 e. The van der Waals surface area contributed by atoms with Gasteiger partial charge in [0.2, 0.25) is 5.28 Å². The number of thiazole rings is 1. The number of aryl methyl sites for hydroxylation is 2. The summed E-state index contributed by atoms with van der Waals surface area (Å²) in [4.78, 5) is 16.8. The number of hydrogen-bond acceptors (Lipinski definition) is 4. The molecule has 116 valence electrons. The highest BCUT2D eigenvalue weighted by molar-refractivity contribution is 7.16. The molecule has 4 rings (SSSR count). The van der Waals surface area contributed by atoms with E-state index in [1.165, 1.54) is 17.4 Å². The summed E-state index contributed by atoms with van der Waals surface area (Å²) < 4.78 is 13.4. The van der Waals surface area contributed by atoms with Crippen LogP contribution in [0.5, 0.6) is 0 Å². The van der Waals surface area contributed by atoms with Gasteiger partial charge in [-0.2, -0.15) is 0 Å². The highest BCUT2D eigenvalue weighted by Crippen LogP contribution is 2.24. The third kappa shape index (κ3) is 2.80. The Hall–Kier alpha value is -2.05. The molecule has 0 bridgehead atoms. The zero-order valence-corrected chi connectivity index (χ0v) is 13.6. The number of aromatic nitrogens is 4. The van der Waals surface area contributed by atoms with Gasteiger partial charge in [0, 0.05) is 17.1 Å². The van der Waals surface area contributed by atoms with E-state index < -0.39 is 0 Å². The van der Waals surface area contributed by atoms with Crippen LogP contribution in [0.4, 0.5) is 4.39 Å². The monoisotopic (exact) mass is 346 g/mol. The van der Waals surface area contributed by atoms with Crippen molar-refractivity contribution in [2.45, 2.75) is 19.3 Å². The van der Waals surface area contributed by atoms with Crippen molar-refractivity contribution in [3.63, 3.8) is 0 Å². The summed E-state index contributed by atoms with van der Waals surface area (Å²) in [5.41, 5.74) is 5.50. The molecule has 0 radical (unpaired) electrons. The maximum absolute atomic E-state index is 13.4. The Bertz CT molecular complexity index is 994. The zero-order valence-electron chi connectivity index (χ0n) is 12.0. The van der Waals surface area contributed by atoms with Gasteiger partial charge < -0.3 is 4.98 Å². The number of rotatable bonds is 4. The van der Waals surface area contributed by atoms with Gasteiger partial charge in [-0.1, -0.05) is 0 Å². The summed E-state index contributed by atoms with van der Waals surface area (Å²) in [6, 6.07) is 4.79. The smallest absolute Gasteiger partial charge is 0.224 e. The summed E-state index contributed by atoms with van der Waals surface area (Å²) in [5, 5.41) is 1.19. The third-order valence-corrected chi connectivity index (χ3v) is 4.72. The lowest BCUT2D eigenvalue weighted by molar-refractivity contribution is 0.629. The van der Waals surface area contributed by atoms with Crippen LogP contribution in [-0.4, -0.2) is 19.9 Å². The van der Waals surface area contributed by atoms with E-state index in [0.717, 1.165) is 51.8 Å². The third-order valence-electron chi connectivity index (χ3n) is 3.83. The van der Waals surface area contributed by atoms with Crippen LogP contribution in [0.25, 0.3) is 21.3 Å². The SMILES string of the molecule is Fc1ccc2[nH]cc(CCCc3nc(Cl)nc4scnc34)c2c1. The van der Waals surface area contributed by atoms with Gasteiger partial charge in [0.05, 0.1) is 11.2 Å². The number of benzene rings is 1. The molecule has 4 nitrogen and oxygen atoms in total. The van der Waals surface area contributed by atoms with Gasteiger partial charge in [-0.3, -0.25) is 0 Å². The fourth-order valence-electron chi connectivity index (χ4n) is 2.77. The van der Waals surface area contributed by atoms with Gasteiger partial charge in [0.25, 0.3) is 0 Å². The fourth-order valence-corrected chi connectivity index (χ4v) is 3.68. The van der Waals surface area contributed by atoms with Crippen molar-refractivity contribution >= 4 is 44.2 Å². The van der Waals surface area contributed by atoms with Crippen LogP contribution in [0.15, 0.2) is 29.9 Å². The van der Waals surface area contributed by atoms with Crippen molar-refractivity contribution < 1.29 is 4.39 Å². The number of H-pyrrole nitrogens is 1. The molecule has 0 fully saturated rings. The van der Waals surface area contributed by atoms with Crippen LogP contribution < -0.4 is 0 Å². The lowest BCUT2D eigenvalue weighted by Gasteiger charge is -2.02. The number of aromatic amines is 1. The van der Waals surface area contributed by atoms with E-state index in [9.17, 15) is 4.39 Å². The maximum Gasteiger partial charge on any atom is 0.224 e. The summed E-state index contributed by atoms with van der Waals surface area (Å²) in [5.74, 6) is -0.217. The lowest BCUT2D eigenvalue weighted by atomic mass is 10.1. The normalized spacial score (nSPS) is 11.6. The first-order valence-electron chi connectivity index (χ1n) is 7.22.